The van der Waals surface area contributed by atoms with Crippen LogP contribution in [-0.2, 0) is 16.0 Å². The van der Waals surface area contributed by atoms with Crippen molar-refractivity contribution >= 4 is 37.5 Å². The second kappa shape index (κ2) is 5.84. The number of halogens is 4. The van der Waals surface area contributed by atoms with Crippen LogP contribution in [0, 0.1) is 0 Å². The van der Waals surface area contributed by atoms with Gasteiger partial charge in [0.15, 0.2) is 0 Å². The van der Waals surface area contributed by atoms with Gasteiger partial charge in [0.1, 0.15) is 20.6 Å². The zero-order valence-corrected chi connectivity index (χ0v) is 13.4. The van der Waals surface area contributed by atoms with Crippen LogP contribution in [0.5, 0.6) is 0 Å². The molecule has 0 unspecified atom stereocenters. The SMILES string of the molecule is O=S1(=O)CCC(Sc2nc(C(F)(F)F)ccc2Br)CC1. The highest BCUT2D eigenvalue weighted by molar-refractivity contribution is 9.10. The lowest BCUT2D eigenvalue weighted by molar-refractivity contribution is -0.141. The molecule has 0 saturated carbocycles. The fourth-order valence-corrected chi connectivity index (χ4v) is 5.22. The lowest BCUT2D eigenvalue weighted by atomic mass is 10.2. The summed E-state index contributed by atoms with van der Waals surface area (Å²) in [6.07, 6.45) is -3.60. The predicted molar refractivity (Wildman–Crippen MR) is 74.5 cm³/mol. The molecule has 0 radical (unpaired) electrons. The van der Waals surface area contributed by atoms with Crippen LogP contribution >= 0.6 is 27.7 Å². The molecule has 1 aromatic rings. The summed E-state index contributed by atoms with van der Waals surface area (Å²) in [7, 11) is -2.97. The van der Waals surface area contributed by atoms with Gasteiger partial charge in [0.25, 0.3) is 0 Å². The first-order chi connectivity index (χ1) is 9.17. The molecule has 2 heterocycles. The minimum absolute atomic E-state index is 0.0224. The molecule has 112 valence electrons. The highest BCUT2D eigenvalue weighted by Gasteiger charge is 2.33. The molecule has 1 aliphatic heterocycles. The van der Waals surface area contributed by atoms with Crippen molar-refractivity contribution in [1.29, 1.82) is 0 Å². The van der Waals surface area contributed by atoms with Crippen LogP contribution in [0.2, 0.25) is 0 Å². The Labute approximate surface area is 127 Å². The number of hydrogen-bond acceptors (Lipinski definition) is 4. The Morgan fingerprint density at radius 2 is 1.85 bits per heavy atom. The number of alkyl halides is 3. The van der Waals surface area contributed by atoms with Gasteiger partial charge in [0.05, 0.1) is 11.5 Å². The van der Waals surface area contributed by atoms with Gasteiger partial charge in [-0.1, -0.05) is 0 Å². The van der Waals surface area contributed by atoms with Crippen LogP contribution < -0.4 is 0 Å². The smallest absolute Gasteiger partial charge is 0.236 e. The minimum atomic E-state index is -4.48. The zero-order chi connectivity index (χ0) is 15.0. The molecule has 0 N–H and O–H groups in total. The van der Waals surface area contributed by atoms with E-state index < -0.39 is 21.7 Å². The number of sulfone groups is 1. The van der Waals surface area contributed by atoms with Gasteiger partial charge < -0.3 is 0 Å². The number of hydrogen-bond donors (Lipinski definition) is 0. The zero-order valence-electron chi connectivity index (χ0n) is 10.2. The molecule has 1 aromatic heterocycles. The van der Waals surface area contributed by atoms with Gasteiger partial charge >= 0.3 is 6.18 Å². The Hall–Kier alpha value is -0.280. The van der Waals surface area contributed by atoms with Crippen LogP contribution in [0.25, 0.3) is 0 Å². The summed E-state index contributed by atoms with van der Waals surface area (Å²) in [5, 5.41) is 0.231. The lowest BCUT2D eigenvalue weighted by Gasteiger charge is -2.21. The van der Waals surface area contributed by atoms with Crippen molar-refractivity contribution in [2.75, 3.05) is 11.5 Å². The fraction of sp³-hybridized carbons (Fsp3) is 0.545. The van der Waals surface area contributed by atoms with E-state index in [1.807, 2.05) is 0 Å². The summed E-state index contributed by atoms with van der Waals surface area (Å²) in [5.41, 5.74) is -0.938. The van der Waals surface area contributed by atoms with Crippen molar-refractivity contribution in [3.8, 4) is 0 Å². The lowest BCUT2D eigenvalue weighted by Crippen LogP contribution is -2.25. The molecule has 1 fully saturated rings. The molecule has 0 atom stereocenters. The number of rotatable bonds is 2. The van der Waals surface area contributed by atoms with Crippen molar-refractivity contribution in [3.05, 3.63) is 22.3 Å². The summed E-state index contributed by atoms with van der Waals surface area (Å²) in [6, 6.07) is 2.23. The van der Waals surface area contributed by atoms with Crippen LogP contribution in [0.1, 0.15) is 18.5 Å². The maximum Gasteiger partial charge on any atom is 0.433 e. The molecule has 0 spiro atoms. The number of thioether (sulfide) groups is 1. The Bertz CT molecular complexity index is 590. The largest absolute Gasteiger partial charge is 0.433 e. The van der Waals surface area contributed by atoms with Crippen molar-refractivity contribution < 1.29 is 21.6 Å². The summed E-state index contributed by atoms with van der Waals surface area (Å²) in [5.74, 6) is 0.169. The van der Waals surface area contributed by atoms with Crippen LogP contribution in [0.15, 0.2) is 21.6 Å². The molecular weight excluding hydrogens is 379 g/mol. The molecule has 2 rings (SSSR count). The van der Waals surface area contributed by atoms with Gasteiger partial charge in [-0.15, -0.1) is 11.8 Å². The Morgan fingerprint density at radius 1 is 1.25 bits per heavy atom. The second-order valence-electron chi connectivity index (χ2n) is 4.45. The first-order valence-electron chi connectivity index (χ1n) is 5.78. The van der Waals surface area contributed by atoms with E-state index in [9.17, 15) is 21.6 Å². The van der Waals surface area contributed by atoms with Gasteiger partial charge in [-0.2, -0.15) is 13.2 Å². The number of aromatic nitrogens is 1. The molecule has 1 aliphatic rings. The summed E-state index contributed by atoms with van der Waals surface area (Å²) in [6.45, 7) is 0. The molecule has 0 aliphatic carbocycles. The standard InChI is InChI=1S/C11H11BrF3NO2S2/c12-8-1-2-9(11(13,14)15)16-10(8)19-7-3-5-20(17,18)6-4-7/h1-2,7H,3-6H2. The number of pyridine rings is 1. The first kappa shape index (κ1) is 16.1. The average molecular weight is 390 g/mol. The highest BCUT2D eigenvalue weighted by Crippen LogP contribution is 2.37. The van der Waals surface area contributed by atoms with E-state index in [1.54, 1.807) is 0 Å². The average Bonchev–Trinajstić information content (AvgIpc) is 2.33. The monoisotopic (exact) mass is 389 g/mol. The van der Waals surface area contributed by atoms with E-state index >= 15 is 0 Å². The van der Waals surface area contributed by atoms with E-state index in [1.165, 1.54) is 17.8 Å². The maximum atomic E-state index is 12.6. The Kier molecular flexibility index (Phi) is 4.70. The molecule has 0 amide bonds. The van der Waals surface area contributed by atoms with Gasteiger partial charge in [-0.05, 0) is 40.9 Å². The third-order valence-electron chi connectivity index (χ3n) is 2.88. The molecule has 0 bridgehead atoms. The minimum Gasteiger partial charge on any atom is -0.236 e. The van der Waals surface area contributed by atoms with Crippen molar-refractivity contribution in [1.82, 2.24) is 4.98 Å². The second-order valence-corrected chi connectivity index (χ2v) is 8.90. The summed E-state index contributed by atoms with van der Waals surface area (Å²) in [4.78, 5) is 3.62. The fourth-order valence-electron chi connectivity index (χ4n) is 1.81. The molecule has 0 aromatic carbocycles. The quantitative estimate of drug-likeness (QED) is 0.775. The van der Waals surface area contributed by atoms with Crippen LogP contribution in [-0.4, -0.2) is 30.2 Å². The van der Waals surface area contributed by atoms with Crippen molar-refractivity contribution in [2.24, 2.45) is 0 Å². The van der Waals surface area contributed by atoms with Crippen molar-refractivity contribution in [3.63, 3.8) is 0 Å². The third-order valence-corrected chi connectivity index (χ3v) is 6.84. The van der Waals surface area contributed by atoms with Gasteiger partial charge in [-0.3, -0.25) is 0 Å². The molecule has 1 saturated heterocycles. The maximum absolute atomic E-state index is 12.6. The van der Waals surface area contributed by atoms with Gasteiger partial charge in [0, 0.05) is 9.72 Å². The van der Waals surface area contributed by atoms with E-state index in [2.05, 4.69) is 20.9 Å². The van der Waals surface area contributed by atoms with E-state index in [-0.39, 0.29) is 21.8 Å². The molecule has 9 heteroatoms. The van der Waals surface area contributed by atoms with Crippen LogP contribution in [0.3, 0.4) is 0 Å². The Morgan fingerprint density at radius 3 is 2.40 bits per heavy atom. The van der Waals surface area contributed by atoms with E-state index in [0.29, 0.717) is 17.3 Å². The highest BCUT2D eigenvalue weighted by atomic mass is 79.9. The topological polar surface area (TPSA) is 47.0 Å². The third kappa shape index (κ3) is 4.11. The number of nitrogens with zero attached hydrogens (tertiary/aromatic N) is 1. The Balaban J connectivity index is 2.13. The first-order valence-corrected chi connectivity index (χ1v) is 9.27. The molecule has 3 nitrogen and oxygen atoms in total. The van der Waals surface area contributed by atoms with E-state index in [0.717, 1.165) is 6.07 Å². The summed E-state index contributed by atoms with van der Waals surface area (Å²) < 4.78 is 61.0. The predicted octanol–water partition coefficient (Wildman–Crippen LogP) is 3.53. The van der Waals surface area contributed by atoms with Crippen molar-refractivity contribution in [2.45, 2.75) is 29.3 Å². The molecular formula is C11H11BrF3NO2S2. The van der Waals surface area contributed by atoms with E-state index in [4.69, 9.17) is 0 Å². The van der Waals surface area contributed by atoms with Gasteiger partial charge in [-0.25, -0.2) is 13.4 Å². The normalized spacial score (nSPS) is 20.0. The molecule has 20 heavy (non-hydrogen) atoms. The van der Waals surface area contributed by atoms with Crippen LogP contribution in [0.4, 0.5) is 13.2 Å². The van der Waals surface area contributed by atoms with Gasteiger partial charge in [0.2, 0.25) is 0 Å². The summed E-state index contributed by atoms with van der Waals surface area (Å²) >= 11 is 4.38.